The van der Waals surface area contributed by atoms with E-state index in [4.69, 9.17) is 11.1 Å². The van der Waals surface area contributed by atoms with Gasteiger partial charge in [-0.2, -0.15) is 0 Å². The lowest BCUT2D eigenvalue weighted by atomic mass is 10.3. The first-order valence-corrected chi connectivity index (χ1v) is 3.04. The predicted molar refractivity (Wildman–Crippen MR) is 37.0 cm³/mol. The molecule has 0 fully saturated rings. The lowest BCUT2D eigenvalue weighted by molar-refractivity contribution is 0.595. The smallest absolute Gasteiger partial charge is 0.201 e. The minimum Gasteiger partial charge on any atom is -0.369 e. The summed E-state index contributed by atoms with van der Waals surface area (Å²) in [4.78, 5) is 0. The van der Waals surface area contributed by atoms with Gasteiger partial charge in [0.1, 0.15) is 0 Å². The second-order valence-corrected chi connectivity index (χ2v) is 1.76. The Morgan fingerprint density at radius 2 is 2.44 bits per heavy atom. The van der Waals surface area contributed by atoms with Crippen LogP contribution in [0.5, 0.6) is 0 Å². The van der Waals surface area contributed by atoms with E-state index in [2.05, 4.69) is 17.8 Å². The van der Waals surface area contributed by atoms with Gasteiger partial charge in [-0.25, -0.2) is 0 Å². The molecule has 9 heavy (non-hydrogen) atoms. The molecule has 4 heteroatoms. The summed E-state index contributed by atoms with van der Waals surface area (Å²) in [5.41, 5.74) is 11.1. The van der Waals surface area contributed by atoms with Crippen LogP contribution in [0.25, 0.3) is 0 Å². The van der Waals surface area contributed by atoms with Crippen LogP contribution in [0.4, 0.5) is 0 Å². The van der Waals surface area contributed by atoms with Crippen LogP contribution in [0.1, 0.15) is 19.8 Å². The van der Waals surface area contributed by atoms with Gasteiger partial charge in [0.15, 0.2) is 0 Å². The van der Waals surface area contributed by atoms with Gasteiger partial charge in [0.25, 0.3) is 0 Å². The molecule has 0 saturated heterocycles. The molecule has 0 amide bonds. The van der Waals surface area contributed by atoms with Crippen molar-refractivity contribution >= 4 is 5.96 Å². The summed E-state index contributed by atoms with van der Waals surface area (Å²) in [6.07, 6.45) is 2.16. The molecule has 53 valence electrons. The van der Waals surface area contributed by atoms with Crippen LogP contribution >= 0.6 is 0 Å². The zero-order valence-corrected chi connectivity index (χ0v) is 5.65. The van der Waals surface area contributed by atoms with E-state index in [9.17, 15) is 0 Å². The normalized spacial score (nSPS) is 9.00. The third-order valence-corrected chi connectivity index (χ3v) is 0.823. The molecule has 0 spiro atoms. The molecule has 0 saturated carbocycles. The first-order chi connectivity index (χ1) is 4.27. The van der Waals surface area contributed by atoms with E-state index in [1.165, 1.54) is 0 Å². The molecule has 4 nitrogen and oxygen atoms in total. The number of hydrogen-bond acceptors (Lipinski definition) is 1. The summed E-state index contributed by atoms with van der Waals surface area (Å²) in [5.74, 6) is -0.0916. The van der Waals surface area contributed by atoms with Crippen molar-refractivity contribution in [3.8, 4) is 0 Å². The molecule has 0 atom stereocenters. The first-order valence-electron chi connectivity index (χ1n) is 3.04. The van der Waals surface area contributed by atoms with E-state index in [1.54, 1.807) is 0 Å². The highest BCUT2D eigenvalue weighted by Crippen LogP contribution is 1.80. The van der Waals surface area contributed by atoms with Gasteiger partial charge in [-0.3, -0.25) is 10.8 Å². The van der Waals surface area contributed by atoms with Gasteiger partial charge >= 0.3 is 0 Å². The quantitative estimate of drug-likeness (QED) is 0.212. The number of rotatable bonds is 4. The van der Waals surface area contributed by atoms with Crippen LogP contribution in [0.3, 0.4) is 0 Å². The molecule has 0 heterocycles. The fourth-order valence-electron chi connectivity index (χ4n) is 0.378. The molecule has 0 aromatic carbocycles. The lowest BCUT2D eigenvalue weighted by Crippen LogP contribution is -2.36. The third-order valence-electron chi connectivity index (χ3n) is 0.823. The van der Waals surface area contributed by atoms with Crippen LogP contribution in [0.2, 0.25) is 0 Å². The van der Waals surface area contributed by atoms with Gasteiger partial charge in [0, 0.05) is 6.54 Å². The predicted octanol–water partition coefficient (Wildman–Crippen LogP) is -0.211. The standard InChI is InChI=1S/C5H13N4/c1-2-3-4-8-9-5(6)7/h2-4H2,1H3,(H4,6,7,9). The Labute approximate surface area is 55.3 Å². The van der Waals surface area contributed by atoms with Crippen molar-refractivity contribution in [1.82, 2.24) is 10.9 Å². The second-order valence-electron chi connectivity index (χ2n) is 1.76. The zero-order valence-electron chi connectivity index (χ0n) is 5.65. The lowest BCUT2D eigenvalue weighted by Gasteiger charge is -2.00. The van der Waals surface area contributed by atoms with E-state index in [1.807, 2.05) is 0 Å². The van der Waals surface area contributed by atoms with Crippen LogP contribution in [-0.2, 0) is 0 Å². The van der Waals surface area contributed by atoms with Crippen LogP contribution in [-0.4, -0.2) is 12.5 Å². The number of unbranched alkanes of at least 4 members (excludes halogenated alkanes) is 1. The van der Waals surface area contributed by atoms with E-state index in [0.717, 1.165) is 19.4 Å². The largest absolute Gasteiger partial charge is 0.369 e. The van der Waals surface area contributed by atoms with E-state index in [-0.39, 0.29) is 5.96 Å². The number of nitrogens with one attached hydrogen (secondary N) is 2. The summed E-state index contributed by atoms with van der Waals surface area (Å²) in [7, 11) is 0. The number of nitrogens with zero attached hydrogens (tertiary/aromatic N) is 1. The Morgan fingerprint density at radius 1 is 1.78 bits per heavy atom. The fourth-order valence-corrected chi connectivity index (χ4v) is 0.378. The van der Waals surface area contributed by atoms with Crippen molar-refractivity contribution in [2.45, 2.75) is 19.8 Å². The maximum absolute atomic E-state index is 6.70. The summed E-state index contributed by atoms with van der Waals surface area (Å²) in [6.45, 7) is 2.82. The summed E-state index contributed by atoms with van der Waals surface area (Å²) in [6, 6.07) is 0. The van der Waals surface area contributed by atoms with Gasteiger partial charge in [-0.05, 0) is 6.42 Å². The van der Waals surface area contributed by atoms with Crippen LogP contribution < -0.4 is 16.6 Å². The van der Waals surface area contributed by atoms with Crippen LogP contribution in [0, 0.1) is 5.41 Å². The number of hydrogen-bond donors (Lipinski definition) is 3. The first kappa shape index (κ1) is 8.23. The second kappa shape index (κ2) is 5.37. The Hall–Kier alpha value is -0.770. The molecule has 0 rings (SSSR count). The number of nitrogens with two attached hydrogens (primary N) is 1. The zero-order chi connectivity index (χ0) is 7.11. The molecule has 0 aliphatic carbocycles. The summed E-state index contributed by atoms with van der Waals surface area (Å²) < 4.78 is 0. The average molecular weight is 129 g/mol. The molecular formula is C5H13N4. The van der Waals surface area contributed by atoms with Crippen molar-refractivity contribution in [3.63, 3.8) is 0 Å². The highest BCUT2D eigenvalue weighted by molar-refractivity contribution is 5.73. The third kappa shape index (κ3) is 7.23. The molecule has 1 radical (unpaired) electrons. The van der Waals surface area contributed by atoms with E-state index < -0.39 is 0 Å². The molecule has 0 aliphatic rings. The highest BCUT2D eigenvalue weighted by Gasteiger charge is 1.85. The number of guanidine groups is 1. The van der Waals surface area contributed by atoms with Gasteiger partial charge in [-0.1, -0.05) is 13.3 Å². The Bertz CT molecular complexity index is 81.0. The van der Waals surface area contributed by atoms with Crippen molar-refractivity contribution in [3.05, 3.63) is 0 Å². The van der Waals surface area contributed by atoms with Gasteiger partial charge < -0.3 is 5.73 Å². The minimum absolute atomic E-state index is 0.0916. The van der Waals surface area contributed by atoms with Crippen LogP contribution in [0.15, 0.2) is 0 Å². The van der Waals surface area contributed by atoms with Gasteiger partial charge in [0.2, 0.25) is 5.96 Å². The minimum atomic E-state index is -0.0916. The average Bonchev–Trinajstić information content (AvgIpc) is 1.80. The fraction of sp³-hybridized carbons (Fsp3) is 0.800. The van der Waals surface area contributed by atoms with Crippen molar-refractivity contribution < 1.29 is 0 Å². The molecule has 4 N–H and O–H groups in total. The van der Waals surface area contributed by atoms with Crippen molar-refractivity contribution in [2.24, 2.45) is 5.73 Å². The maximum atomic E-state index is 6.70. The van der Waals surface area contributed by atoms with Crippen molar-refractivity contribution in [2.75, 3.05) is 6.54 Å². The summed E-state index contributed by atoms with van der Waals surface area (Å²) in [5, 5.41) is 6.70. The molecule has 0 aliphatic heterocycles. The molecule has 0 bridgehead atoms. The van der Waals surface area contributed by atoms with Crippen molar-refractivity contribution in [1.29, 1.82) is 5.41 Å². The Morgan fingerprint density at radius 3 is 2.89 bits per heavy atom. The highest BCUT2D eigenvalue weighted by atomic mass is 15.4. The van der Waals surface area contributed by atoms with Gasteiger partial charge in [-0.15, -0.1) is 5.43 Å². The monoisotopic (exact) mass is 129 g/mol. The Balaban J connectivity index is 2.83. The maximum Gasteiger partial charge on any atom is 0.201 e. The summed E-state index contributed by atoms with van der Waals surface area (Å²) >= 11 is 0. The Kier molecular flexibility index (Phi) is 4.91. The molecule has 0 aromatic heterocycles. The van der Waals surface area contributed by atoms with E-state index in [0.29, 0.717) is 0 Å². The molecular weight excluding hydrogens is 116 g/mol. The van der Waals surface area contributed by atoms with Gasteiger partial charge in [0.05, 0.1) is 0 Å². The van der Waals surface area contributed by atoms with E-state index >= 15 is 0 Å². The molecule has 0 unspecified atom stereocenters. The SMILES string of the molecule is CCCC[N]NC(=N)N. The molecule has 0 aromatic rings. The topological polar surface area (TPSA) is 76.0 Å².